The molecule has 0 aromatic heterocycles. The Balaban J connectivity index is 2.09. The molecule has 5 nitrogen and oxygen atoms in total. The van der Waals surface area contributed by atoms with Crippen LogP contribution in [0, 0.1) is 0 Å². The molecule has 18 heavy (non-hydrogen) atoms. The van der Waals surface area contributed by atoms with E-state index in [0.717, 1.165) is 6.29 Å². The molecule has 0 saturated carbocycles. The fraction of sp³-hybridized carbons (Fsp3) is 0.462. The highest BCUT2D eigenvalue weighted by Crippen LogP contribution is 2.28. The van der Waals surface area contributed by atoms with Crippen LogP contribution in [0.15, 0.2) is 18.2 Å². The summed E-state index contributed by atoms with van der Waals surface area (Å²) < 4.78 is 21.7. The maximum absolute atomic E-state index is 10.7. The number of ether oxygens (including phenoxy) is 4. The maximum atomic E-state index is 10.7. The van der Waals surface area contributed by atoms with Crippen molar-refractivity contribution in [2.75, 3.05) is 39.6 Å². The van der Waals surface area contributed by atoms with Crippen LogP contribution in [-0.2, 0) is 9.47 Å². The smallest absolute Gasteiger partial charge is 0.162 e. The van der Waals surface area contributed by atoms with Gasteiger partial charge in [0.25, 0.3) is 0 Å². The predicted octanol–water partition coefficient (Wildman–Crippen LogP) is 1.30. The molecule has 0 fully saturated rings. The van der Waals surface area contributed by atoms with Gasteiger partial charge in [0, 0.05) is 5.56 Å². The largest absolute Gasteiger partial charge is 0.487 e. The van der Waals surface area contributed by atoms with E-state index in [1.165, 1.54) is 0 Å². The quantitative estimate of drug-likeness (QED) is 0.705. The summed E-state index contributed by atoms with van der Waals surface area (Å²) in [5.41, 5.74) is 0.557. The van der Waals surface area contributed by atoms with Crippen LogP contribution in [0.1, 0.15) is 10.4 Å². The van der Waals surface area contributed by atoms with Gasteiger partial charge in [0.05, 0.1) is 26.4 Å². The van der Waals surface area contributed by atoms with Gasteiger partial charge in [-0.15, -0.1) is 0 Å². The zero-order valence-electron chi connectivity index (χ0n) is 10.1. The predicted molar refractivity (Wildman–Crippen MR) is 64.5 cm³/mol. The lowest BCUT2D eigenvalue weighted by atomic mass is 10.2. The summed E-state index contributed by atoms with van der Waals surface area (Å²) in [6.07, 6.45) is 0.777. The van der Waals surface area contributed by atoms with Crippen molar-refractivity contribution in [3.63, 3.8) is 0 Å². The Labute approximate surface area is 106 Å². The normalized spacial score (nSPS) is 17.3. The molecule has 1 aliphatic rings. The Morgan fingerprint density at radius 1 is 0.833 bits per heavy atom. The van der Waals surface area contributed by atoms with Gasteiger partial charge in [0.15, 0.2) is 11.5 Å². The van der Waals surface area contributed by atoms with Gasteiger partial charge in [-0.2, -0.15) is 0 Å². The molecule has 2 rings (SSSR count). The zero-order valence-corrected chi connectivity index (χ0v) is 10.1. The van der Waals surface area contributed by atoms with E-state index in [2.05, 4.69) is 0 Å². The summed E-state index contributed by atoms with van der Waals surface area (Å²) in [6, 6.07) is 5.08. The average Bonchev–Trinajstić information content (AvgIpc) is 2.39. The molecule has 0 spiro atoms. The lowest BCUT2D eigenvalue weighted by molar-refractivity contribution is 0.0223. The first kappa shape index (κ1) is 12.9. The molecule has 0 amide bonds. The Morgan fingerprint density at radius 3 is 2.11 bits per heavy atom. The van der Waals surface area contributed by atoms with Crippen molar-refractivity contribution in [1.29, 1.82) is 0 Å². The van der Waals surface area contributed by atoms with Crippen molar-refractivity contribution in [2.45, 2.75) is 0 Å². The summed E-state index contributed by atoms with van der Waals surface area (Å²) in [5.74, 6) is 1.17. The minimum absolute atomic E-state index is 0.415. The van der Waals surface area contributed by atoms with Gasteiger partial charge < -0.3 is 18.9 Å². The number of rotatable bonds is 1. The third-order valence-electron chi connectivity index (χ3n) is 2.45. The molecule has 0 radical (unpaired) electrons. The van der Waals surface area contributed by atoms with Crippen LogP contribution >= 0.6 is 0 Å². The summed E-state index contributed by atoms with van der Waals surface area (Å²) in [7, 11) is 0. The molecule has 1 aromatic carbocycles. The maximum Gasteiger partial charge on any atom is 0.162 e. The molecule has 0 saturated heterocycles. The van der Waals surface area contributed by atoms with Crippen molar-refractivity contribution in [3.05, 3.63) is 23.8 Å². The number of benzene rings is 1. The molecular formula is C13H16O5. The minimum atomic E-state index is 0.415. The van der Waals surface area contributed by atoms with Gasteiger partial charge in [-0.05, 0) is 18.2 Å². The van der Waals surface area contributed by atoms with E-state index >= 15 is 0 Å². The van der Waals surface area contributed by atoms with Gasteiger partial charge in [-0.25, -0.2) is 0 Å². The molecule has 98 valence electrons. The fourth-order valence-electron chi connectivity index (χ4n) is 1.57. The van der Waals surface area contributed by atoms with Gasteiger partial charge >= 0.3 is 0 Å². The number of carbonyl (C=O) groups is 1. The van der Waals surface area contributed by atoms with Crippen LogP contribution < -0.4 is 9.47 Å². The van der Waals surface area contributed by atoms with Crippen LogP contribution in [0.5, 0.6) is 11.5 Å². The first-order chi connectivity index (χ1) is 8.90. The Bertz CT molecular complexity index is 391. The van der Waals surface area contributed by atoms with Gasteiger partial charge in [-0.1, -0.05) is 0 Å². The van der Waals surface area contributed by atoms with Crippen molar-refractivity contribution >= 4 is 6.29 Å². The zero-order chi connectivity index (χ0) is 12.6. The third-order valence-corrected chi connectivity index (χ3v) is 2.45. The average molecular weight is 252 g/mol. The molecule has 1 aliphatic heterocycles. The van der Waals surface area contributed by atoms with Crippen LogP contribution in [0.25, 0.3) is 0 Å². The molecule has 0 N–H and O–H groups in total. The number of carbonyl (C=O) groups excluding carboxylic acids is 1. The topological polar surface area (TPSA) is 54.0 Å². The number of hydrogen-bond donors (Lipinski definition) is 0. The molecular weight excluding hydrogens is 236 g/mol. The summed E-state index contributed by atoms with van der Waals surface area (Å²) >= 11 is 0. The van der Waals surface area contributed by atoms with E-state index in [9.17, 15) is 4.79 Å². The summed E-state index contributed by atoms with van der Waals surface area (Å²) in [4.78, 5) is 10.7. The van der Waals surface area contributed by atoms with Crippen molar-refractivity contribution in [1.82, 2.24) is 0 Å². The number of aldehydes is 1. The highest BCUT2D eigenvalue weighted by atomic mass is 16.6. The third kappa shape index (κ3) is 3.72. The molecule has 0 bridgehead atoms. The van der Waals surface area contributed by atoms with Crippen molar-refractivity contribution in [2.24, 2.45) is 0 Å². The van der Waals surface area contributed by atoms with Crippen molar-refractivity contribution in [3.8, 4) is 11.5 Å². The van der Waals surface area contributed by atoms with Crippen LogP contribution in [-0.4, -0.2) is 45.9 Å². The highest BCUT2D eigenvalue weighted by molar-refractivity contribution is 5.76. The van der Waals surface area contributed by atoms with E-state index < -0.39 is 0 Å². The van der Waals surface area contributed by atoms with Gasteiger partial charge in [0.1, 0.15) is 19.5 Å². The summed E-state index contributed by atoms with van der Waals surface area (Å²) in [6.45, 7) is 2.94. The summed E-state index contributed by atoms with van der Waals surface area (Å²) in [5, 5.41) is 0. The molecule has 0 aliphatic carbocycles. The van der Waals surface area contributed by atoms with Gasteiger partial charge in [-0.3, -0.25) is 4.79 Å². The van der Waals surface area contributed by atoms with E-state index in [1.54, 1.807) is 18.2 Å². The van der Waals surface area contributed by atoms with E-state index in [4.69, 9.17) is 18.9 Å². The molecule has 5 heteroatoms. The van der Waals surface area contributed by atoms with Crippen LogP contribution in [0.3, 0.4) is 0 Å². The number of hydrogen-bond acceptors (Lipinski definition) is 5. The Kier molecular flexibility index (Phi) is 4.99. The minimum Gasteiger partial charge on any atom is -0.487 e. The van der Waals surface area contributed by atoms with Gasteiger partial charge in [0.2, 0.25) is 0 Å². The lowest BCUT2D eigenvalue weighted by Crippen LogP contribution is -2.15. The molecule has 1 aromatic rings. The van der Waals surface area contributed by atoms with Crippen LogP contribution in [0.4, 0.5) is 0 Å². The fourth-order valence-corrected chi connectivity index (χ4v) is 1.57. The second-order valence-corrected chi connectivity index (χ2v) is 3.75. The molecule has 1 heterocycles. The first-order valence-corrected chi connectivity index (χ1v) is 5.90. The first-order valence-electron chi connectivity index (χ1n) is 5.90. The monoisotopic (exact) mass is 252 g/mol. The SMILES string of the molecule is O=Cc1ccc2c(c1)OCCOCCOCCO2. The van der Waals surface area contributed by atoms with Crippen molar-refractivity contribution < 1.29 is 23.7 Å². The Morgan fingerprint density at radius 2 is 1.44 bits per heavy atom. The second-order valence-electron chi connectivity index (χ2n) is 3.75. The molecule has 0 unspecified atom stereocenters. The molecule has 0 atom stereocenters. The number of fused-ring (bicyclic) bond motifs is 1. The van der Waals surface area contributed by atoms with Crippen LogP contribution in [0.2, 0.25) is 0 Å². The second kappa shape index (κ2) is 6.98. The lowest BCUT2D eigenvalue weighted by Gasteiger charge is -2.15. The standard InChI is InChI=1S/C13H16O5/c14-10-11-1-2-12-13(9-11)18-8-6-16-4-3-15-5-7-17-12/h1-2,9-10H,3-8H2. The van der Waals surface area contributed by atoms with E-state index in [-0.39, 0.29) is 0 Å². The van der Waals surface area contributed by atoms with E-state index in [0.29, 0.717) is 56.7 Å². The highest BCUT2D eigenvalue weighted by Gasteiger charge is 2.07. The Hall–Kier alpha value is -1.59. The van der Waals surface area contributed by atoms with E-state index in [1.807, 2.05) is 0 Å².